The molecule has 0 bridgehead atoms. The van der Waals surface area contributed by atoms with E-state index < -0.39 is 5.60 Å². The van der Waals surface area contributed by atoms with Gasteiger partial charge in [-0.05, 0) is 50.8 Å². The smallest absolute Gasteiger partial charge is 0.290 e. The summed E-state index contributed by atoms with van der Waals surface area (Å²) in [6.45, 7) is 5.75. The molecule has 150 valence electrons. The molecule has 0 radical (unpaired) electrons. The van der Waals surface area contributed by atoms with Crippen LogP contribution < -0.4 is 0 Å². The van der Waals surface area contributed by atoms with Crippen LogP contribution in [0.4, 0.5) is 0 Å². The number of ether oxygens (including phenoxy) is 1. The number of carboxylic acid groups (broad SMARTS) is 1. The third-order valence-corrected chi connectivity index (χ3v) is 6.30. The fraction of sp³-hybridized carbons (Fsp3) is 0.667. The molecule has 4 rings (SSSR count). The van der Waals surface area contributed by atoms with Crippen LogP contribution in [0.2, 0.25) is 0 Å². The van der Waals surface area contributed by atoms with Gasteiger partial charge < -0.3 is 14.9 Å². The lowest BCUT2D eigenvalue weighted by Crippen LogP contribution is -2.62. The minimum Gasteiger partial charge on any atom is -0.483 e. The van der Waals surface area contributed by atoms with Gasteiger partial charge in [-0.15, -0.1) is 0 Å². The molecule has 6 nitrogen and oxygen atoms in total. The lowest BCUT2D eigenvalue weighted by molar-refractivity contribution is -0.122. The number of rotatable bonds is 3. The van der Waals surface area contributed by atoms with Gasteiger partial charge in [0, 0.05) is 32.3 Å². The van der Waals surface area contributed by atoms with Gasteiger partial charge in [0.25, 0.3) is 6.47 Å². The maximum absolute atomic E-state index is 11.7. The molecule has 3 aliphatic heterocycles. The second kappa shape index (κ2) is 9.64. The highest BCUT2D eigenvalue weighted by Gasteiger charge is 2.47. The van der Waals surface area contributed by atoms with Crippen LogP contribution in [0.5, 0.6) is 0 Å². The Morgan fingerprint density at radius 3 is 2.30 bits per heavy atom. The molecule has 0 spiro atoms. The molecule has 3 aliphatic rings. The summed E-state index contributed by atoms with van der Waals surface area (Å²) in [6.07, 6.45) is 5.62. The lowest BCUT2D eigenvalue weighted by Gasteiger charge is -2.51. The Bertz CT molecular complexity index is 573. The highest BCUT2D eigenvalue weighted by molar-refractivity contribution is 5.32. The van der Waals surface area contributed by atoms with Crippen LogP contribution in [-0.2, 0) is 15.1 Å². The molecule has 3 heterocycles. The third-order valence-electron chi connectivity index (χ3n) is 6.30. The van der Waals surface area contributed by atoms with Gasteiger partial charge in [-0.2, -0.15) is 0 Å². The van der Waals surface area contributed by atoms with Crippen molar-refractivity contribution in [2.75, 3.05) is 39.4 Å². The first-order chi connectivity index (χ1) is 13.2. The van der Waals surface area contributed by atoms with E-state index in [1.54, 1.807) is 0 Å². The zero-order valence-electron chi connectivity index (χ0n) is 16.0. The highest BCUT2D eigenvalue weighted by Crippen LogP contribution is 2.38. The van der Waals surface area contributed by atoms with E-state index in [4.69, 9.17) is 14.6 Å². The molecule has 27 heavy (non-hydrogen) atoms. The van der Waals surface area contributed by atoms with E-state index in [9.17, 15) is 5.11 Å². The second-order valence-electron chi connectivity index (χ2n) is 7.74. The molecule has 6 heteroatoms. The molecule has 3 fully saturated rings. The molecule has 0 saturated carbocycles. The van der Waals surface area contributed by atoms with E-state index in [-0.39, 0.29) is 12.5 Å². The summed E-state index contributed by atoms with van der Waals surface area (Å²) in [5, 5.41) is 18.6. The van der Waals surface area contributed by atoms with E-state index in [1.165, 1.54) is 12.8 Å². The summed E-state index contributed by atoms with van der Waals surface area (Å²) < 4.78 is 5.54. The minimum atomic E-state index is -0.715. The van der Waals surface area contributed by atoms with Gasteiger partial charge >= 0.3 is 0 Å². The summed E-state index contributed by atoms with van der Waals surface area (Å²) in [5.41, 5.74) is 0.376. The SMILES string of the molecule is O=CO.O[C@]1(c2ccccc2)CCN(C2CCOCC2)C[C@H]1N1CCCC1. The van der Waals surface area contributed by atoms with Gasteiger partial charge in [-0.1, -0.05) is 30.3 Å². The van der Waals surface area contributed by atoms with Crippen molar-refractivity contribution in [2.45, 2.75) is 49.8 Å². The number of piperidine rings is 1. The van der Waals surface area contributed by atoms with E-state index in [1.807, 2.05) is 6.07 Å². The van der Waals surface area contributed by atoms with Crippen molar-refractivity contribution in [1.29, 1.82) is 0 Å². The number of hydrogen-bond donors (Lipinski definition) is 2. The van der Waals surface area contributed by atoms with Crippen LogP contribution in [0, 0.1) is 0 Å². The van der Waals surface area contributed by atoms with Crippen LogP contribution in [0.25, 0.3) is 0 Å². The number of nitrogens with zero attached hydrogens (tertiary/aromatic N) is 2. The first-order valence-electron chi connectivity index (χ1n) is 10.1. The summed E-state index contributed by atoms with van der Waals surface area (Å²) in [5.74, 6) is 0. The average molecular weight is 376 g/mol. The van der Waals surface area contributed by atoms with Gasteiger partial charge in [0.1, 0.15) is 5.60 Å². The van der Waals surface area contributed by atoms with Gasteiger partial charge in [0.05, 0.1) is 6.04 Å². The quantitative estimate of drug-likeness (QED) is 0.786. The van der Waals surface area contributed by atoms with Crippen LogP contribution in [-0.4, -0.2) is 78.0 Å². The first-order valence-corrected chi connectivity index (χ1v) is 10.1. The Labute approximate surface area is 161 Å². The standard InChI is InChI=1S/C20H30N2O2.CH2O2/c23-20(17-6-2-1-3-7-17)10-13-22(18-8-14-24-15-9-18)16-19(20)21-11-4-5-12-21;2-1-3/h1-3,6-7,18-19,23H,4-5,8-16H2;1H,(H,2,3)/t19-,20+;/m1./s1. The molecule has 2 atom stereocenters. The minimum absolute atomic E-state index is 0.207. The molecule has 0 unspecified atom stereocenters. The van der Waals surface area contributed by atoms with Crippen molar-refractivity contribution in [3.63, 3.8) is 0 Å². The van der Waals surface area contributed by atoms with Crippen molar-refractivity contribution in [3.8, 4) is 0 Å². The Morgan fingerprint density at radius 2 is 1.67 bits per heavy atom. The summed E-state index contributed by atoms with van der Waals surface area (Å²) in [6, 6.07) is 11.2. The second-order valence-corrected chi connectivity index (χ2v) is 7.74. The fourth-order valence-corrected chi connectivity index (χ4v) is 4.86. The molecular weight excluding hydrogens is 344 g/mol. The van der Waals surface area contributed by atoms with Crippen LogP contribution in [0.3, 0.4) is 0 Å². The zero-order valence-corrected chi connectivity index (χ0v) is 16.0. The Hall–Kier alpha value is -1.47. The fourth-order valence-electron chi connectivity index (χ4n) is 4.86. The lowest BCUT2D eigenvalue weighted by atomic mass is 9.79. The molecule has 0 aliphatic carbocycles. The maximum Gasteiger partial charge on any atom is 0.290 e. The Balaban J connectivity index is 0.000000659. The predicted molar refractivity (Wildman–Crippen MR) is 104 cm³/mol. The van der Waals surface area contributed by atoms with Crippen LogP contribution in [0.15, 0.2) is 30.3 Å². The normalized spacial score (nSPS) is 30.5. The van der Waals surface area contributed by atoms with E-state index in [0.717, 1.165) is 64.2 Å². The van der Waals surface area contributed by atoms with Gasteiger partial charge in [0.15, 0.2) is 0 Å². The van der Waals surface area contributed by atoms with Crippen molar-refractivity contribution < 1.29 is 19.7 Å². The molecule has 1 aromatic carbocycles. The number of aliphatic hydroxyl groups is 1. The van der Waals surface area contributed by atoms with Crippen LogP contribution in [0.1, 0.15) is 37.7 Å². The molecule has 0 aromatic heterocycles. The van der Waals surface area contributed by atoms with E-state index >= 15 is 0 Å². The predicted octanol–water partition coefficient (Wildman–Crippen LogP) is 1.92. The van der Waals surface area contributed by atoms with Crippen LogP contribution >= 0.6 is 0 Å². The average Bonchev–Trinajstić information content (AvgIpc) is 3.25. The maximum atomic E-state index is 11.7. The molecule has 3 saturated heterocycles. The highest BCUT2D eigenvalue weighted by atomic mass is 16.5. The summed E-state index contributed by atoms with van der Waals surface area (Å²) >= 11 is 0. The zero-order chi connectivity index (χ0) is 19.1. The van der Waals surface area contributed by atoms with Crippen molar-refractivity contribution in [3.05, 3.63) is 35.9 Å². The Morgan fingerprint density at radius 1 is 1.04 bits per heavy atom. The van der Waals surface area contributed by atoms with Gasteiger partial charge in [0.2, 0.25) is 0 Å². The number of benzene rings is 1. The Kier molecular flexibility index (Phi) is 7.24. The summed E-state index contributed by atoms with van der Waals surface area (Å²) in [4.78, 5) is 13.5. The molecular formula is C21H32N2O4. The van der Waals surface area contributed by atoms with E-state index in [0.29, 0.717) is 6.04 Å². The topological polar surface area (TPSA) is 73.2 Å². The summed E-state index contributed by atoms with van der Waals surface area (Å²) in [7, 11) is 0. The molecule has 1 aromatic rings. The molecule has 2 N–H and O–H groups in total. The van der Waals surface area contributed by atoms with Gasteiger partial charge in [-0.3, -0.25) is 14.6 Å². The van der Waals surface area contributed by atoms with Crippen molar-refractivity contribution in [2.24, 2.45) is 0 Å². The van der Waals surface area contributed by atoms with Crippen molar-refractivity contribution in [1.82, 2.24) is 9.80 Å². The number of hydrogen-bond acceptors (Lipinski definition) is 5. The first kappa shape index (κ1) is 20.3. The van der Waals surface area contributed by atoms with Gasteiger partial charge in [-0.25, -0.2) is 0 Å². The number of likely N-dealkylation sites (tertiary alicyclic amines) is 2. The third kappa shape index (κ3) is 4.69. The molecule has 0 amide bonds. The van der Waals surface area contributed by atoms with E-state index in [2.05, 4.69) is 34.1 Å². The number of carbonyl (C=O) groups is 1. The van der Waals surface area contributed by atoms with Crippen molar-refractivity contribution >= 4 is 6.47 Å². The monoisotopic (exact) mass is 376 g/mol. The largest absolute Gasteiger partial charge is 0.483 e.